The number of nitro benzene ring substituents is 2. The Labute approximate surface area is 147 Å². The van der Waals surface area contributed by atoms with Crippen molar-refractivity contribution in [1.29, 1.82) is 0 Å². The predicted molar refractivity (Wildman–Crippen MR) is 92.7 cm³/mol. The summed E-state index contributed by atoms with van der Waals surface area (Å²) in [5.41, 5.74) is 0.149. The van der Waals surface area contributed by atoms with Gasteiger partial charge in [0.25, 0.3) is 11.4 Å². The Morgan fingerprint density at radius 1 is 1.27 bits per heavy atom. The van der Waals surface area contributed by atoms with Gasteiger partial charge in [0.2, 0.25) is 0 Å². The van der Waals surface area contributed by atoms with E-state index in [0.717, 1.165) is 11.8 Å². The third kappa shape index (κ3) is 3.02. The maximum atomic E-state index is 11.5. The van der Waals surface area contributed by atoms with Gasteiger partial charge >= 0.3 is 0 Å². The van der Waals surface area contributed by atoms with Crippen LogP contribution in [0.3, 0.4) is 0 Å². The molecule has 1 heterocycles. The molecule has 0 amide bonds. The molecule has 1 aromatic carbocycles. The van der Waals surface area contributed by atoms with E-state index < -0.39 is 15.3 Å². The van der Waals surface area contributed by atoms with E-state index in [1.165, 1.54) is 18.3 Å². The number of non-ortho nitro benzene ring substituents is 1. The number of carbonyl (C=O) groups excluding carboxylic acids is 1. The van der Waals surface area contributed by atoms with Crippen LogP contribution in [0.2, 0.25) is 0 Å². The molecular formula is C17H14N4O5. The van der Waals surface area contributed by atoms with Crippen LogP contribution in [0.4, 0.5) is 11.4 Å². The van der Waals surface area contributed by atoms with Crippen LogP contribution in [0.1, 0.15) is 29.3 Å². The molecule has 1 aromatic heterocycles. The van der Waals surface area contributed by atoms with E-state index in [0.29, 0.717) is 23.8 Å². The first-order valence-electron chi connectivity index (χ1n) is 7.66. The maximum Gasteiger partial charge on any atom is 0.280 e. The van der Waals surface area contributed by atoms with Crippen molar-refractivity contribution < 1.29 is 14.6 Å². The van der Waals surface area contributed by atoms with Crippen molar-refractivity contribution in [3.05, 3.63) is 80.2 Å². The number of nitrogens with zero attached hydrogens (tertiary/aromatic N) is 4. The SMILES string of the molecule is CC1(c2ccc([N+](=O)[O-])cc2[N+](=O)[O-])C=CC=C(n2cc(C=O)cn2)C1. The van der Waals surface area contributed by atoms with E-state index in [4.69, 9.17) is 0 Å². The molecule has 0 bridgehead atoms. The first-order chi connectivity index (χ1) is 12.3. The summed E-state index contributed by atoms with van der Waals surface area (Å²) in [6, 6.07) is 3.66. The number of aromatic nitrogens is 2. The van der Waals surface area contributed by atoms with Crippen LogP contribution in [0.15, 0.2) is 48.8 Å². The fourth-order valence-corrected chi connectivity index (χ4v) is 3.03. The number of nitro groups is 2. The standard InChI is InChI=1S/C17H14N4O5/c1-17(15-5-4-13(20(23)24)7-16(15)21(25)26)6-2-3-14(8-17)19-10-12(11-22)9-18-19/h2-7,9-11H,8H2,1H3. The highest BCUT2D eigenvalue weighted by Gasteiger charge is 2.35. The molecule has 132 valence electrons. The van der Waals surface area contributed by atoms with Crippen LogP contribution in [0, 0.1) is 20.2 Å². The summed E-state index contributed by atoms with van der Waals surface area (Å²) in [5.74, 6) is 0. The number of hydrogen-bond donors (Lipinski definition) is 0. The summed E-state index contributed by atoms with van der Waals surface area (Å²) in [6.07, 6.45) is 9.44. The quantitative estimate of drug-likeness (QED) is 0.461. The molecule has 9 nitrogen and oxygen atoms in total. The van der Waals surface area contributed by atoms with Gasteiger partial charge in [-0.2, -0.15) is 5.10 Å². The number of allylic oxidation sites excluding steroid dienone is 4. The first kappa shape index (κ1) is 17.2. The Kier molecular flexibility index (Phi) is 4.21. The lowest BCUT2D eigenvalue weighted by molar-refractivity contribution is -0.394. The minimum absolute atomic E-state index is 0.304. The van der Waals surface area contributed by atoms with Crippen LogP contribution in [-0.4, -0.2) is 25.9 Å². The summed E-state index contributed by atoms with van der Waals surface area (Å²) in [6.45, 7) is 1.81. The fourth-order valence-electron chi connectivity index (χ4n) is 3.03. The highest BCUT2D eigenvalue weighted by Crippen LogP contribution is 2.42. The highest BCUT2D eigenvalue weighted by atomic mass is 16.6. The van der Waals surface area contributed by atoms with Gasteiger partial charge in [0.1, 0.15) is 0 Å². The Hall–Kier alpha value is -3.62. The number of carbonyl (C=O) groups is 1. The van der Waals surface area contributed by atoms with Crippen LogP contribution in [-0.2, 0) is 5.41 Å². The lowest BCUT2D eigenvalue weighted by Crippen LogP contribution is -2.24. The first-order valence-corrected chi connectivity index (χ1v) is 7.66. The zero-order valence-corrected chi connectivity index (χ0v) is 13.7. The van der Waals surface area contributed by atoms with E-state index in [1.54, 1.807) is 23.0 Å². The van der Waals surface area contributed by atoms with Gasteiger partial charge in [0.05, 0.1) is 27.7 Å². The van der Waals surface area contributed by atoms with Crippen molar-refractivity contribution >= 4 is 23.4 Å². The molecule has 0 saturated heterocycles. The van der Waals surface area contributed by atoms with Gasteiger partial charge in [-0.05, 0) is 12.1 Å². The van der Waals surface area contributed by atoms with Crippen LogP contribution >= 0.6 is 0 Å². The lowest BCUT2D eigenvalue weighted by atomic mass is 9.75. The molecule has 0 fully saturated rings. The van der Waals surface area contributed by atoms with Gasteiger partial charge in [0.15, 0.2) is 6.29 Å². The van der Waals surface area contributed by atoms with Crippen molar-refractivity contribution in [2.75, 3.05) is 0 Å². The summed E-state index contributed by atoms with van der Waals surface area (Å²) >= 11 is 0. The lowest BCUT2D eigenvalue weighted by Gasteiger charge is -2.29. The molecule has 0 N–H and O–H groups in total. The number of benzene rings is 1. The topological polar surface area (TPSA) is 121 Å². The molecule has 1 aliphatic carbocycles. The van der Waals surface area contributed by atoms with Crippen LogP contribution < -0.4 is 0 Å². The number of hydrogen-bond acceptors (Lipinski definition) is 6. The molecular weight excluding hydrogens is 340 g/mol. The molecule has 1 aliphatic rings. The van der Waals surface area contributed by atoms with Crippen molar-refractivity contribution in [3.63, 3.8) is 0 Å². The van der Waals surface area contributed by atoms with Gasteiger partial charge in [-0.25, -0.2) is 4.68 Å². The highest BCUT2D eigenvalue weighted by molar-refractivity contribution is 5.74. The maximum absolute atomic E-state index is 11.5. The van der Waals surface area contributed by atoms with Crippen molar-refractivity contribution in [3.8, 4) is 0 Å². The summed E-state index contributed by atoms with van der Waals surface area (Å²) in [4.78, 5) is 32.0. The molecule has 0 radical (unpaired) electrons. The second kappa shape index (κ2) is 6.36. The molecule has 9 heteroatoms. The molecule has 0 spiro atoms. The third-order valence-electron chi connectivity index (χ3n) is 4.34. The van der Waals surface area contributed by atoms with E-state index in [-0.39, 0.29) is 11.4 Å². The van der Waals surface area contributed by atoms with Gasteiger partial charge in [-0.1, -0.05) is 19.1 Å². The Bertz CT molecular complexity index is 975. The average Bonchev–Trinajstić information content (AvgIpc) is 3.10. The Morgan fingerprint density at radius 3 is 2.65 bits per heavy atom. The van der Waals surface area contributed by atoms with Crippen molar-refractivity contribution in [1.82, 2.24) is 9.78 Å². The van der Waals surface area contributed by atoms with Gasteiger partial charge in [-0.3, -0.25) is 25.0 Å². The minimum Gasteiger partial charge on any atom is -0.298 e. The van der Waals surface area contributed by atoms with Gasteiger partial charge < -0.3 is 0 Å². The largest absolute Gasteiger partial charge is 0.298 e. The molecule has 0 aliphatic heterocycles. The smallest absolute Gasteiger partial charge is 0.280 e. The Morgan fingerprint density at radius 2 is 2.04 bits per heavy atom. The predicted octanol–water partition coefficient (Wildman–Crippen LogP) is 3.27. The Balaban J connectivity index is 2.02. The molecule has 1 unspecified atom stereocenters. The number of rotatable bonds is 5. The van der Waals surface area contributed by atoms with Gasteiger partial charge in [-0.15, -0.1) is 0 Å². The van der Waals surface area contributed by atoms with E-state index in [1.807, 2.05) is 13.0 Å². The van der Waals surface area contributed by atoms with E-state index >= 15 is 0 Å². The normalized spacial score (nSPS) is 19.0. The van der Waals surface area contributed by atoms with Crippen LogP contribution in [0.5, 0.6) is 0 Å². The minimum atomic E-state index is -0.755. The van der Waals surface area contributed by atoms with E-state index in [2.05, 4.69) is 5.10 Å². The zero-order valence-electron chi connectivity index (χ0n) is 13.7. The van der Waals surface area contributed by atoms with Gasteiger partial charge in [0, 0.05) is 35.4 Å². The summed E-state index contributed by atoms with van der Waals surface area (Å²) in [7, 11) is 0. The number of aldehydes is 1. The van der Waals surface area contributed by atoms with Crippen LogP contribution in [0.25, 0.3) is 5.70 Å². The third-order valence-corrected chi connectivity index (χ3v) is 4.34. The molecule has 3 rings (SSSR count). The molecule has 26 heavy (non-hydrogen) atoms. The van der Waals surface area contributed by atoms with Crippen molar-refractivity contribution in [2.45, 2.75) is 18.8 Å². The van der Waals surface area contributed by atoms with Crippen molar-refractivity contribution in [2.24, 2.45) is 0 Å². The molecule has 1 atom stereocenters. The second-order valence-corrected chi connectivity index (χ2v) is 6.16. The monoisotopic (exact) mass is 354 g/mol. The fraction of sp³-hybridized carbons (Fsp3) is 0.176. The average molecular weight is 354 g/mol. The van der Waals surface area contributed by atoms with E-state index in [9.17, 15) is 25.0 Å². The summed E-state index contributed by atoms with van der Waals surface area (Å²) in [5, 5.41) is 26.5. The second-order valence-electron chi connectivity index (χ2n) is 6.16. The zero-order chi connectivity index (χ0) is 18.9. The molecule has 2 aromatic rings. The molecule has 0 saturated carbocycles. The summed E-state index contributed by atoms with van der Waals surface area (Å²) < 4.78 is 1.54.